The Labute approximate surface area is 187 Å². The van der Waals surface area contributed by atoms with E-state index in [1.54, 1.807) is 15.3 Å². The van der Waals surface area contributed by atoms with Gasteiger partial charge < -0.3 is 5.32 Å². The molecule has 0 spiro atoms. The van der Waals surface area contributed by atoms with Crippen LogP contribution in [0.2, 0.25) is 0 Å². The van der Waals surface area contributed by atoms with Crippen molar-refractivity contribution in [3.05, 3.63) is 76.0 Å². The third-order valence-corrected chi connectivity index (χ3v) is 6.58. The molecule has 0 saturated carbocycles. The van der Waals surface area contributed by atoms with Crippen LogP contribution in [0.3, 0.4) is 0 Å². The van der Waals surface area contributed by atoms with Crippen molar-refractivity contribution in [1.82, 2.24) is 19.3 Å². The zero-order valence-electron chi connectivity index (χ0n) is 17.5. The first-order chi connectivity index (χ1) is 15.4. The number of hydrogen-bond donors (Lipinski definition) is 1. The quantitative estimate of drug-likeness (QED) is 0.476. The van der Waals surface area contributed by atoms with Crippen molar-refractivity contribution in [1.29, 1.82) is 0 Å². The van der Waals surface area contributed by atoms with Crippen molar-refractivity contribution in [3.63, 3.8) is 0 Å². The summed E-state index contributed by atoms with van der Waals surface area (Å²) in [4.78, 5) is 30.5. The van der Waals surface area contributed by atoms with Crippen LogP contribution in [0.25, 0.3) is 16.7 Å². The topological polar surface area (TPSA) is 81.8 Å². The maximum atomic E-state index is 13.4. The Morgan fingerprint density at radius 2 is 2.09 bits per heavy atom. The molecule has 1 aliphatic rings. The summed E-state index contributed by atoms with van der Waals surface area (Å²) in [5.41, 5.74) is 3.73. The number of aryl methyl sites for hydroxylation is 2. The zero-order valence-corrected chi connectivity index (χ0v) is 18.3. The van der Waals surface area contributed by atoms with Crippen molar-refractivity contribution >= 4 is 34.4 Å². The third kappa shape index (κ3) is 3.58. The Hall–Kier alpha value is -3.46. The van der Waals surface area contributed by atoms with Crippen molar-refractivity contribution < 1.29 is 9.18 Å². The van der Waals surface area contributed by atoms with Gasteiger partial charge in [-0.15, -0.1) is 0 Å². The fraction of sp³-hybridized carbons (Fsp3) is 0.217. The highest BCUT2D eigenvalue weighted by atomic mass is 32.2. The van der Waals surface area contributed by atoms with Gasteiger partial charge in [-0.3, -0.25) is 14.2 Å². The highest BCUT2D eigenvalue weighted by Crippen LogP contribution is 2.33. The van der Waals surface area contributed by atoms with Crippen LogP contribution in [-0.4, -0.2) is 31.0 Å². The lowest BCUT2D eigenvalue weighted by atomic mass is 10.1. The molecule has 0 aliphatic carbocycles. The average molecular weight is 450 g/mol. The van der Waals surface area contributed by atoms with E-state index in [0.29, 0.717) is 27.6 Å². The molecule has 2 aromatic heterocycles. The summed E-state index contributed by atoms with van der Waals surface area (Å²) in [6, 6.07) is 11.4. The van der Waals surface area contributed by atoms with Gasteiger partial charge in [-0.05, 0) is 43.7 Å². The van der Waals surface area contributed by atoms with Crippen LogP contribution in [0.15, 0.2) is 58.6 Å². The molecule has 9 heteroatoms. The van der Waals surface area contributed by atoms with Gasteiger partial charge in [-0.1, -0.05) is 35.5 Å². The van der Waals surface area contributed by atoms with Crippen LogP contribution in [0.5, 0.6) is 0 Å². The SMILES string of the molecule is Cc1ccc(-n2ncc3c(=O)n4c(nc32)SCC4CC(=O)Nc2cccc(F)c2)c(C)c1. The van der Waals surface area contributed by atoms with Crippen molar-refractivity contribution in [2.75, 3.05) is 11.1 Å². The average Bonchev–Trinajstić information content (AvgIpc) is 3.33. The number of rotatable bonds is 4. The predicted octanol–water partition coefficient (Wildman–Crippen LogP) is 4.01. The summed E-state index contributed by atoms with van der Waals surface area (Å²) in [7, 11) is 0. The van der Waals surface area contributed by atoms with E-state index in [1.807, 2.05) is 26.0 Å². The molecule has 1 unspecified atom stereocenters. The molecule has 0 radical (unpaired) electrons. The smallest absolute Gasteiger partial charge is 0.265 e. The first-order valence-electron chi connectivity index (χ1n) is 10.2. The molecule has 1 atom stereocenters. The van der Waals surface area contributed by atoms with Gasteiger partial charge >= 0.3 is 0 Å². The largest absolute Gasteiger partial charge is 0.326 e. The highest BCUT2D eigenvalue weighted by Gasteiger charge is 2.29. The Bertz CT molecular complexity index is 1430. The number of benzene rings is 2. The molecule has 0 fully saturated rings. The third-order valence-electron chi connectivity index (χ3n) is 5.48. The zero-order chi connectivity index (χ0) is 22.4. The van der Waals surface area contributed by atoms with Gasteiger partial charge in [0.2, 0.25) is 5.91 Å². The van der Waals surface area contributed by atoms with Crippen LogP contribution in [0.4, 0.5) is 10.1 Å². The number of thioether (sulfide) groups is 1. The van der Waals surface area contributed by atoms with Crippen LogP contribution in [-0.2, 0) is 4.79 Å². The molecule has 2 aromatic carbocycles. The fourth-order valence-electron chi connectivity index (χ4n) is 3.99. The monoisotopic (exact) mass is 449 g/mol. The van der Waals surface area contributed by atoms with Gasteiger partial charge in [0, 0.05) is 17.9 Å². The van der Waals surface area contributed by atoms with E-state index in [4.69, 9.17) is 4.98 Å². The predicted molar refractivity (Wildman–Crippen MR) is 122 cm³/mol. The van der Waals surface area contributed by atoms with E-state index in [1.165, 1.54) is 36.2 Å². The van der Waals surface area contributed by atoms with Gasteiger partial charge in [0.15, 0.2) is 10.8 Å². The van der Waals surface area contributed by atoms with Gasteiger partial charge in [0.25, 0.3) is 5.56 Å². The highest BCUT2D eigenvalue weighted by molar-refractivity contribution is 7.99. The number of carbonyl (C=O) groups excluding carboxylic acids is 1. The summed E-state index contributed by atoms with van der Waals surface area (Å²) in [5.74, 6) is -0.150. The molecule has 5 rings (SSSR count). The number of anilines is 1. The Kier molecular flexibility index (Phi) is 5.05. The Balaban J connectivity index is 1.46. The first-order valence-corrected chi connectivity index (χ1v) is 11.2. The van der Waals surface area contributed by atoms with E-state index in [9.17, 15) is 14.0 Å². The van der Waals surface area contributed by atoms with Gasteiger partial charge in [0.1, 0.15) is 11.2 Å². The van der Waals surface area contributed by atoms with E-state index >= 15 is 0 Å². The van der Waals surface area contributed by atoms with Crippen LogP contribution >= 0.6 is 11.8 Å². The number of amides is 1. The summed E-state index contributed by atoms with van der Waals surface area (Å²) in [5, 5.41) is 8.09. The number of nitrogens with one attached hydrogen (secondary N) is 1. The molecule has 162 valence electrons. The van der Waals surface area contributed by atoms with Crippen molar-refractivity contribution in [2.45, 2.75) is 31.5 Å². The van der Waals surface area contributed by atoms with Gasteiger partial charge in [-0.2, -0.15) is 5.10 Å². The van der Waals surface area contributed by atoms with Crippen molar-refractivity contribution in [3.8, 4) is 5.69 Å². The molecule has 0 bridgehead atoms. The standard InChI is InChI=1S/C23H20FN5O2S/c1-13-6-7-19(14(2)8-13)29-21-18(11-25-29)22(31)28-17(12-32-23(28)27-21)10-20(30)26-16-5-3-4-15(24)9-16/h3-9,11,17H,10,12H2,1-2H3,(H,26,30). The lowest BCUT2D eigenvalue weighted by Crippen LogP contribution is -2.27. The molecular weight excluding hydrogens is 429 g/mol. The second-order valence-corrected chi connectivity index (χ2v) is 8.87. The molecule has 1 N–H and O–H groups in total. The van der Waals surface area contributed by atoms with E-state index < -0.39 is 5.82 Å². The van der Waals surface area contributed by atoms with Gasteiger partial charge in [0.05, 0.1) is 17.9 Å². The minimum Gasteiger partial charge on any atom is -0.326 e. The fourth-order valence-corrected chi connectivity index (χ4v) is 5.12. The van der Waals surface area contributed by atoms with E-state index in [-0.39, 0.29) is 23.9 Å². The summed E-state index contributed by atoms with van der Waals surface area (Å²) < 4.78 is 16.6. The number of carbonyl (C=O) groups is 1. The van der Waals surface area contributed by atoms with E-state index in [2.05, 4.69) is 16.5 Å². The number of nitrogens with zero attached hydrogens (tertiary/aromatic N) is 4. The summed E-state index contributed by atoms with van der Waals surface area (Å²) >= 11 is 1.44. The second-order valence-electron chi connectivity index (χ2n) is 7.88. The second kappa shape index (κ2) is 7.90. The van der Waals surface area contributed by atoms with Crippen LogP contribution in [0, 0.1) is 19.7 Å². The molecule has 4 aromatic rings. The number of aromatic nitrogens is 4. The first kappa shape index (κ1) is 20.4. The normalized spacial score (nSPS) is 15.2. The molecule has 32 heavy (non-hydrogen) atoms. The molecule has 0 saturated heterocycles. The minimum absolute atomic E-state index is 0.0921. The lowest BCUT2D eigenvalue weighted by Gasteiger charge is -2.14. The number of halogens is 1. The maximum absolute atomic E-state index is 13.4. The Morgan fingerprint density at radius 1 is 1.25 bits per heavy atom. The van der Waals surface area contributed by atoms with Gasteiger partial charge in [-0.25, -0.2) is 14.1 Å². The lowest BCUT2D eigenvalue weighted by molar-refractivity contribution is -0.116. The number of fused-ring (bicyclic) bond motifs is 2. The minimum atomic E-state index is -0.423. The molecule has 3 heterocycles. The summed E-state index contributed by atoms with van der Waals surface area (Å²) in [6.07, 6.45) is 1.62. The molecule has 1 aliphatic heterocycles. The molecule has 1 amide bonds. The van der Waals surface area contributed by atoms with Crippen molar-refractivity contribution in [2.24, 2.45) is 0 Å². The van der Waals surface area contributed by atoms with E-state index in [0.717, 1.165) is 16.8 Å². The maximum Gasteiger partial charge on any atom is 0.265 e. The number of hydrogen-bond acceptors (Lipinski definition) is 5. The molecular formula is C23H20FN5O2S. The van der Waals surface area contributed by atoms with Crippen LogP contribution < -0.4 is 10.9 Å². The van der Waals surface area contributed by atoms with Crippen LogP contribution in [0.1, 0.15) is 23.6 Å². The Morgan fingerprint density at radius 3 is 2.88 bits per heavy atom. The molecule has 7 nitrogen and oxygen atoms in total. The summed E-state index contributed by atoms with van der Waals surface area (Å²) in [6.45, 7) is 4.02.